The molecule has 21 heavy (non-hydrogen) atoms. The number of carbonyl (C=O) groups is 1. The van der Waals surface area contributed by atoms with Crippen LogP contribution in [0.3, 0.4) is 0 Å². The molecule has 2 rings (SSSR count). The van der Waals surface area contributed by atoms with Crippen LogP contribution in [-0.2, 0) is 11.2 Å². The molecule has 1 aliphatic heterocycles. The Kier molecular flexibility index (Phi) is 5.62. The Bertz CT molecular complexity index is 488. The van der Waals surface area contributed by atoms with E-state index in [4.69, 9.17) is 4.74 Å². The molecule has 0 spiro atoms. The molecule has 4 nitrogen and oxygen atoms in total. The molecule has 0 aromatic heterocycles. The van der Waals surface area contributed by atoms with Crippen LogP contribution in [0.5, 0.6) is 0 Å². The van der Waals surface area contributed by atoms with Gasteiger partial charge in [-0.25, -0.2) is 0 Å². The summed E-state index contributed by atoms with van der Waals surface area (Å²) >= 11 is 0. The van der Waals surface area contributed by atoms with Crippen molar-refractivity contribution in [1.82, 2.24) is 4.90 Å². The maximum atomic E-state index is 13.0. The second-order valence-corrected chi connectivity index (χ2v) is 5.62. The number of para-hydroxylation sites is 1. The first-order valence-electron chi connectivity index (χ1n) is 7.84. The Labute approximate surface area is 127 Å². The van der Waals surface area contributed by atoms with E-state index in [1.807, 2.05) is 17.0 Å². The second kappa shape index (κ2) is 7.46. The third-order valence-electron chi connectivity index (χ3n) is 4.23. The fourth-order valence-corrected chi connectivity index (χ4v) is 2.77. The molecule has 1 amide bonds. The molecule has 0 saturated heterocycles. The number of fused-ring (bicyclic) bond motifs is 1. The van der Waals surface area contributed by atoms with Crippen LogP contribution in [0.1, 0.15) is 42.6 Å². The maximum absolute atomic E-state index is 13.0. The SMILES string of the molecule is CCC(C)N(CCOC)C(=O)c1cccc2c1NCCC2. The lowest BCUT2D eigenvalue weighted by molar-refractivity contribution is 0.0614. The highest BCUT2D eigenvalue weighted by Gasteiger charge is 2.24. The summed E-state index contributed by atoms with van der Waals surface area (Å²) in [6.07, 6.45) is 3.12. The lowest BCUT2D eigenvalue weighted by atomic mass is 9.98. The predicted octanol–water partition coefficient (Wildman–Crippen LogP) is 2.93. The van der Waals surface area contributed by atoms with Crippen LogP contribution in [0.4, 0.5) is 5.69 Å². The van der Waals surface area contributed by atoms with E-state index < -0.39 is 0 Å². The number of aryl methyl sites for hydroxylation is 1. The molecule has 1 aromatic carbocycles. The molecule has 1 N–H and O–H groups in total. The van der Waals surface area contributed by atoms with Gasteiger partial charge in [0, 0.05) is 26.2 Å². The van der Waals surface area contributed by atoms with Crippen molar-refractivity contribution in [3.63, 3.8) is 0 Å². The molecule has 1 unspecified atom stereocenters. The van der Waals surface area contributed by atoms with Gasteiger partial charge in [0.15, 0.2) is 0 Å². The fourth-order valence-electron chi connectivity index (χ4n) is 2.77. The van der Waals surface area contributed by atoms with Crippen molar-refractivity contribution in [2.24, 2.45) is 0 Å². The number of ether oxygens (including phenoxy) is 1. The number of benzene rings is 1. The van der Waals surface area contributed by atoms with Crippen LogP contribution < -0.4 is 5.32 Å². The number of methoxy groups -OCH3 is 1. The van der Waals surface area contributed by atoms with E-state index in [0.717, 1.165) is 37.1 Å². The normalized spacial score (nSPS) is 15.0. The molecule has 4 heteroatoms. The van der Waals surface area contributed by atoms with Gasteiger partial charge in [-0.15, -0.1) is 0 Å². The van der Waals surface area contributed by atoms with Gasteiger partial charge in [0.25, 0.3) is 5.91 Å². The zero-order chi connectivity index (χ0) is 15.2. The predicted molar refractivity (Wildman–Crippen MR) is 85.9 cm³/mol. The Morgan fingerprint density at radius 1 is 1.48 bits per heavy atom. The number of carbonyl (C=O) groups excluding carboxylic acids is 1. The molecule has 1 aromatic rings. The lowest BCUT2D eigenvalue weighted by Gasteiger charge is -2.30. The van der Waals surface area contributed by atoms with Gasteiger partial charge >= 0.3 is 0 Å². The highest BCUT2D eigenvalue weighted by molar-refractivity contribution is 6.00. The summed E-state index contributed by atoms with van der Waals surface area (Å²) in [6.45, 7) is 6.35. The van der Waals surface area contributed by atoms with Crippen molar-refractivity contribution < 1.29 is 9.53 Å². The molecule has 0 aliphatic carbocycles. The highest BCUT2D eigenvalue weighted by atomic mass is 16.5. The summed E-state index contributed by atoms with van der Waals surface area (Å²) < 4.78 is 5.16. The van der Waals surface area contributed by atoms with Crippen LogP contribution in [0, 0.1) is 0 Å². The quantitative estimate of drug-likeness (QED) is 0.876. The molecule has 0 bridgehead atoms. The number of amides is 1. The van der Waals surface area contributed by atoms with Gasteiger partial charge < -0.3 is 15.0 Å². The van der Waals surface area contributed by atoms with Gasteiger partial charge in [-0.2, -0.15) is 0 Å². The van der Waals surface area contributed by atoms with Crippen LogP contribution >= 0.6 is 0 Å². The Morgan fingerprint density at radius 2 is 2.29 bits per heavy atom. The smallest absolute Gasteiger partial charge is 0.256 e. The van der Waals surface area contributed by atoms with E-state index in [1.54, 1.807) is 7.11 Å². The van der Waals surface area contributed by atoms with E-state index in [-0.39, 0.29) is 11.9 Å². The van der Waals surface area contributed by atoms with Gasteiger partial charge in [0.1, 0.15) is 0 Å². The number of rotatable bonds is 6. The molecule has 1 heterocycles. The number of hydrogen-bond donors (Lipinski definition) is 1. The molecule has 116 valence electrons. The Morgan fingerprint density at radius 3 is 3.00 bits per heavy atom. The van der Waals surface area contributed by atoms with Crippen molar-refractivity contribution in [2.75, 3.05) is 32.1 Å². The van der Waals surface area contributed by atoms with Crippen molar-refractivity contribution in [2.45, 2.75) is 39.2 Å². The first kappa shape index (κ1) is 15.8. The van der Waals surface area contributed by atoms with Crippen LogP contribution in [0.15, 0.2) is 18.2 Å². The summed E-state index contributed by atoms with van der Waals surface area (Å²) in [5.41, 5.74) is 3.08. The monoisotopic (exact) mass is 290 g/mol. The van der Waals surface area contributed by atoms with Crippen LogP contribution in [0.25, 0.3) is 0 Å². The summed E-state index contributed by atoms with van der Waals surface area (Å²) in [4.78, 5) is 14.9. The summed E-state index contributed by atoms with van der Waals surface area (Å²) in [5.74, 6) is 0.104. The third kappa shape index (κ3) is 3.56. The zero-order valence-corrected chi connectivity index (χ0v) is 13.3. The van der Waals surface area contributed by atoms with Crippen LogP contribution in [-0.4, -0.2) is 43.7 Å². The number of hydrogen-bond acceptors (Lipinski definition) is 3. The Balaban J connectivity index is 2.28. The summed E-state index contributed by atoms with van der Waals surface area (Å²) in [7, 11) is 1.67. The van der Waals surface area contributed by atoms with E-state index in [2.05, 4.69) is 25.2 Å². The Hall–Kier alpha value is -1.55. The molecular formula is C17H26N2O2. The zero-order valence-electron chi connectivity index (χ0n) is 13.3. The van der Waals surface area contributed by atoms with Gasteiger partial charge in [-0.05, 0) is 37.8 Å². The van der Waals surface area contributed by atoms with Crippen LogP contribution in [0.2, 0.25) is 0 Å². The third-order valence-corrected chi connectivity index (χ3v) is 4.23. The topological polar surface area (TPSA) is 41.6 Å². The van der Waals surface area contributed by atoms with E-state index >= 15 is 0 Å². The van der Waals surface area contributed by atoms with Crippen molar-refractivity contribution in [3.8, 4) is 0 Å². The van der Waals surface area contributed by atoms with Gasteiger partial charge in [-0.3, -0.25) is 4.79 Å². The highest BCUT2D eigenvalue weighted by Crippen LogP contribution is 2.27. The lowest BCUT2D eigenvalue weighted by Crippen LogP contribution is -2.41. The second-order valence-electron chi connectivity index (χ2n) is 5.62. The van der Waals surface area contributed by atoms with E-state index in [1.165, 1.54) is 5.56 Å². The van der Waals surface area contributed by atoms with Crippen molar-refractivity contribution in [3.05, 3.63) is 29.3 Å². The summed E-state index contributed by atoms with van der Waals surface area (Å²) in [5, 5.41) is 3.40. The molecular weight excluding hydrogens is 264 g/mol. The number of anilines is 1. The van der Waals surface area contributed by atoms with E-state index in [0.29, 0.717) is 13.2 Å². The standard InChI is InChI=1S/C17H26N2O2/c1-4-13(2)19(11-12-21-3)17(20)15-9-5-7-14-8-6-10-18-16(14)15/h5,7,9,13,18H,4,6,8,10-12H2,1-3H3. The number of nitrogens with one attached hydrogen (secondary N) is 1. The molecule has 1 aliphatic rings. The van der Waals surface area contributed by atoms with Gasteiger partial charge in [0.2, 0.25) is 0 Å². The average molecular weight is 290 g/mol. The first-order valence-corrected chi connectivity index (χ1v) is 7.84. The fraction of sp³-hybridized carbons (Fsp3) is 0.588. The molecule has 1 atom stereocenters. The van der Waals surface area contributed by atoms with Gasteiger partial charge in [-0.1, -0.05) is 19.1 Å². The van der Waals surface area contributed by atoms with Gasteiger partial charge in [0.05, 0.1) is 17.9 Å². The first-order chi connectivity index (χ1) is 10.2. The van der Waals surface area contributed by atoms with E-state index in [9.17, 15) is 4.79 Å². The molecule has 0 saturated carbocycles. The minimum Gasteiger partial charge on any atom is -0.384 e. The average Bonchev–Trinajstić information content (AvgIpc) is 2.54. The maximum Gasteiger partial charge on any atom is 0.256 e. The van der Waals surface area contributed by atoms with Crippen molar-refractivity contribution >= 4 is 11.6 Å². The summed E-state index contributed by atoms with van der Waals surface area (Å²) in [6, 6.07) is 6.25. The van der Waals surface area contributed by atoms with Crippen molar-refractivity contribution in [1.29, 1.82) is 0 Å². The molecule has 0 fully saturated rings. The number of nitrogens with zero attached hydrogens (tertiary/aromatic N) is 1. The minimum atomic E-state index is 0.104. The molecule has 0 radical (unpaired) electrons. The largest absolute Gasteiger partial charge is 0.384 e. The minimum absolute atomic E-state index is 0.104.